The zero-order valence-corrected chi connectivity index (χ0v) is 14.8. The molecular weight excluding hydrogens is 319 g/mol. The van der Waals surface area contributed by atoms with Crippen molar-refractivity contribution < 1.29 is 4.39 Å². The van der Waals surface area contributed by atoms with Gasteiger partial charge in [-0.2, -0.15) is 0 Å². The molecular formula is C20H19FN2S. The van der Waals surface area contributed by atoms with Crippen LogP contribution in [-0.2, 0) is 5.75 Å². The van der Waals surface area contributed by atoms with Gasteiger partial charge in [-0.25, -0.2) is 4.39 Å². The first-order chi connectivity index (χ1) is 11.5. The third kappa shape index (κ3) is 3.65. The first-order valence-corrected chi connectivity index (χ1v) is 8.81. The number of benzene rings is 2. The Morgan fingerprint density at radius 1 is 0.875 bits per heavy atom. The van der Waals surface area contributed by atoms with Crippen molar-refractivity contribution in [2.45, 2.75) is 31.6 Å². The number of aromatic nitrogens is 2. The van der Waals surface area contributed by atoms with Gasteiger partial charge in [-0.1, -0.05) is 36.0 Å². The van der Waals surface area contributed by atoms with Crippen LogP contribution in [0, 0.1) is 26.6 Å². The number of hydrogen-bond donors (Lipinski definition) is 0. The van der Waals surface area contributed by atoms with Crippen LogP contribution in [0.4, 0.5) is 4.39 Å². The van der Waals surface area contributed by atoms with Gasteiger partial charge in [0.2, 0.25) is 0 Å². The molecule has 0 radical (unpaired) electrons. The van der Waals surface area contributed by atoms with Gasteiger partial charge in [0.15, 0.2) is 0 Å². The molecule has 4 heteroatoms. The third-order valence-electron chi connectivity index (χ3n) is 4.09. The lowest BCUT2D eigenvalue weighted by Crippen LogP contribution is -1.94. The molecule has 0 fully saturated rings. The Morgan fingerprint density at radius 2 is 1.62 bits per heavy atom. The van der Waals surface area contributed by atoms with E-state index in [9.17, 15) is 4.39 Å². The van der Waals surface area contributed by atoms with Crippen LogP contribution in [0.1, 0.15) is 22.3 Å². The van der Waals surface area contributed by atoms with E-state index in [0.717, 1.165) is 16.3 Å². The smallest absolute Gasteiger partial charge is 0.127 e. The highest BCUT2D eigenvalue weighted by Gasteiger charge is 2.08. The average Bonchev–Trinajstić information content (AvgIpc) is 2.58. The number of rotatable bonds is 4. The number of thioether (sulfide) groups is 1. The van der Waals surface area contributed by atoms with Gasteiger partial charge < -0.3 is 0 Å². The molecule has 2 nitrogen and oxygen atoms in total. The molecule has 0 unspecified atom stereocenters. The van der Waals surface area contributed by atoms with Crippen molar-refractivity contribution in [3.8, 4) is 11.3 Å². The maximum absolute atomic E-state index is 13.6. The maximum atomic E-state index is 13.6. The monoisotopic (exact) mass is 338 g/mol. The molecule has 0 spiro atoms. The Labute approximate surface area is 146 Å². The van der Waals surface area contributed by atoms with Gasteiger partial charge in [-0.15, -0.1) is 10.2 Å². The summed E-state index contributed by atoms with van der Waals surface area (Å²) in [5, 5.41) is 9.43. The molecule has 0 aliphatic rings. The number of hydrogen-bond acceptors (Lipinski definition) is 3. The summed E-state index contributed by atoms with van der Waals surface area (Å²) in [5.41, 5.74) is 6.37. The standard InChI is InChI=1S/C20H19FN2S/c1-13-10-15(3)17(11-14(13)2)19-8-9-20(23-22-19)24-12-16-6-4-5-7-18(16)21/h4-11H,12H2,1-3H3. The Bertz CT molecular complexity index is 860. The van der Waals surface area contributed by atoms with Crippen LogP contribution in [0.3, 0.4) is 0 Å². The summed E-state index contributed by atoms with van der Waals surface area (Å²) in [6, 6.07) is 15.1. The molecule has 0 saturated carbocycles. The highest BCUT2D eigenvalue weighted by atomic mass is 32.2. The second-order valence-electron chi connectivity index (χ2n) is 5.89. The van der Waals surface area contributed by atoms with Gasteiger partial charge in [0.05, 0.1) is 5.69 Å². The minimum absolute atomic E-state index is 0.180. The van der Waals surface area contributed by atoms with E-state index in [1.165, 1.54) is 34.5 Å². The van der Waals surface area contributed by atoms with E-state index < -0.39 is 0 Å². The fourth-order valence-electron chi connectivity index (χ4n) is 2.54. The van der Waals surface area contributed by atoms with Crippen LogP contribution in [-0.4, -0.2) is 10.2 Å². The molecule has 0 atom stereocenters. The topological polar surface area (TPSA) is 25.8 Å². The molecule has 0 saturated heterocycles. The van der Waals surface area contributed by atoms with Crippen LogP contribution in [0.2, 0.25) is 0 Å². The Balaban J connectivity index is 1.76. The van der Waals surface area contributed by atoms with Gasteiger partial charge in [0, 0.05) is 11.3 Å². The van der Waals surface area contributed by atoms with Gasteiger partial charge in [0.25, 0.3) is 0 Å². The van der Waals surface area contributed by atoms with Crippen LogP contribution in [0.25, 0.3) is 11.3 Å². The van der Waals surface area contributed by atoms with Crippen LogP contribution < -0.4 is 0 Å². The molecule has 1 aromatic heterocycles. The molecule has 0 bridgehead atoms. The second kappa shape index (κ2) is 7.14. The van der Waals surface area contributed by atoms with Crippen molar-refractivity contribution >= 4 is 11.8 Å². The third-order valence-corrected chi connectivity index (χ3v) is 5.06. The highest BCUT2D eigenvalue weighted by Crippen LogP contribution is 2.27. The lowest BCUT2D eigenvalue weighted by atomic mass is 9.99. The number of halogens is 1. The normalized spacial score (nSPS) is 10.8. The SMILES string of the molecule is Cc1cc(C)c(-c2ccc(SCc3ccccc3F)nn2)cc1C. The predicted molar refractivity (Wildman–Crippen MR) is 97.6 cm³/mol. The summed E-state index contributed by atoms with van der Waals surface area (Å²) in [5.74, 6) is 0.365. The molecule has 3 rings (SSSR count). The van der Waals surface area contributed by atoms with E-state index in [4.69, 9.17) is 0 Å². The first kappa shape index (κ1) is 16.7. The fraction of sp³-hybridized carbons (Fsp3) is 0.200. The van der Waals surface area contributed by atoms with E-state index in [0.29, 0.717) is 11.3 Å². The summed E-state index contributed by atoms with van der Waals surface area (Å²) in [4.78, 5) is 0. The van der Waals surface area contributed by atoms with Crippen molar-refractivity contribution in [2.24, 2.45) is 0 Å². The average molecular weight is 338 g/mol. The first-order valence-electron chi connectivity index (χ1n) is 7.83. The minimum atomic E-state index is -0.180. The maximum Gasteiger partial charge on any atom is 0.127 e. The predicted octanol–water partition coefficient (Wildman–Crippen LogP) is 5.50. The van der Waals surface area contributed by atoms with Gasteiger partial charge >= 0.3 is 0 Å². The second-order valence-corrected chi connectivity index (χ2v) is 6.88. The number of nitrogens with zero attached hydrogens (tertiary/aromatic N) is 2. The molecule has 1 heterocycles. The van der Waals surface area contributed by atoms with Gasteiger partial charge in [-0.05, 0) is 67.3 Å². The van der Waals surface area contributed by atoms with E-state index in [2.05, 4.69) is 43.1 Å². The van der Waals surface area contributed by atoms with Crippen LogP contribution >= 0.6 is 11.8 Å². The summed E-state index contributed by atoms with van der Waals surface area (Å²) < 4.78 is 13.6. The molecule has 122 valence electrons. The van der Waals surface area contributed by atoms with Gasteiger partial charge in [-0.3, -0.25) is 0 Å². The Kier molecular flexibility index (Phi) is 4.95. The molecule has 2 aromatic carbocycles. The van der Waals surface area contributed by atoms with E-state index in [1.54, 1.807) is 12.1 Å². The van der Waals surface area contributed by atoms with E-state index in [-0.39, 0.29) is 5.82 Å². The molecule has 3 aromatic rings. The lowest BCUT2D eigenvalue weighted by molar-refractivity contribution is 0.617. The van der Waals surface area contributed by atoms with Crippen LogP contribution in [0.15, 0.2) is 53.6 Å². The van der Waals surface area contributed by atoms with E-state index in [1.807, 2.05) is 18.2 Å². The Hall–Kier alpha value is -2.20. The molecule has 0 aliphatic heterocycles. The highest BCUT2D eigenvalue weighted by molar-refractivity contribution is 7.98. The van der Waals surface area contributed by atoms with Crippen LogP contribution in [0.5, 0.6) is 0 Å². The van der Waals surface area contributed by atoms with Crippen molar-refractivity contribution in [2.75, 3.05) is 0 Å². The molecule has 0 amide bonds. The zero-order valence-electron chi connectivity index (χ0n) is 14.0. The summed E-state index contributed by atoms with van der Waals surface area (Å²) in [6.07, 6.45) is 0. The summed E-state index contributed by atoms with van der Waals surface area (Å²) in [6.45, 7) is 6.30. The van der Waals surface area contributed by atoms with Crippen molar-refractivity contribution in [3.05, 3.63) is 76.6 Å². The summed E-state index contributed by atoms with van der Waals surface area (Å²) >= 11 is 1.49. The van der Waals surface area contributed by atoms with Crippen molar-refractivity contribution in [3.63, 3.8) is 0 Å². The van der Waals surface area contributed by atoms with E-state index >= 15 is 0 Å². The largest absolute Gasteiger partial charge is 0.207 e. The lowest BCUT2D eigenvalue weighted by Gasteiger charge is -2.09. The van der Waals surface area contributed by atoms with Crippen molar-refractivity contribution in [1.82, 2.24) is 10.2 Å². The Morgan fingerprint density at radius 3 is 2.33 bits per heavy atom. The van der Waals surface area contributed by atoms with Crippen molar-refractivity contribution in [1.29, 1.82) is 0 Å². The van der Waals surface area contributed by atoms with Gasteiger partial charge in [0.1, 0.15) is 10.8 Å². The summed E-state index contributed by atoms with van der Waals surface area (Å²) in [7, 11) is 0. The molecule has 0 aliphatic carbocycles. The number of aryl methyl sites for hydroxylation is 3. The fourth-order valence-corrected chi connectivity index (χ4v) is 3.34. The zero-order chi connectivity index (χ0) is 17.1. The molecule has 0 N–H and O–H groups in total. The quantitative estimate of drug-likeness (QED) is 0.587. The minimum Gasteiger partial charge on any atom is -0.207 e. The molecule has 24 heavy (non-hydrogen) atoms.